The molecule has 1 amide bonds. The number of benzene rings is 2. The second kappa shape index (κ2) is 8.58. The summed E-state index contributed by atoms with van der Waals surface area (Å²) in [5.74, 6) is -0.168. The third-order valence-electron chi connectivity index (χ3n) is 4.49. The van der Waals surface area contributed by atoms with E-state index in [-0.39, 0.29) is 36.9 Å². The highest BCUT2D eigenvalue weighted by molar-refractivity contribution is 6.08. The van der Waals surface area contributed by atoms with E-state index in [1.807, 2.05) is 48.5 Å². The Balaban J connectivity index is 1.91. The van der Waals surface area contributed by atoms with Crippen molar-refractivity contribution in [3.05, 3.63) is 59.8 Å². The lowest BCUT2D eigenvalue weighted by molar-refractivity contribution is -0.136. The van der Waals surface area contributed by atoms with Gasteiger partial charge in [0.15, 0.2) is 0 Å². The average Bonchev–Trinajstić information content (AvgIpc) is 3.03. The van der Waals surface area contributed by atoms with Crippen LogP contribution in [0.1, 0.15) is 0 Å². The van der Waals surface area contributed by atoms with Gasteiger partial charge in [-0.2, -0.15) is 0 Å². The van der Waals surface area contributed by atoms with Crippen molar-refractivity contribution in [2.75, 3.05) is 39.2 Å². The molecule has 7 nitrogen and oxygen atoms in total. The minimum atomic E-state index is -0.569. The van der Waals surface area contributed by atoms with Crippen LogP contribution in [0.3, 0.4) is 0 Å². The fourth-order valence-electron chi connectivity index (χ4n) is 3.07. The zero-order valence-corrected chi connectivity index (χ0v) is 15.8. The SMILES string of the molecule is COC(=O)C1=C(Nc2cccc(-c3cccc(OC)c3)c2)C(=O)N(CCO)C1. The number of carbonyl (C=O) groups excluding carboxylic acids is 2. The number of ether oxygens (including phenoxy) is 2. The fourth-order valence-corrected chi connectivity index (χ4v) is 3.07. The van der Waals surface area contributed by atoms with E-state index in [2.05, 4.69) is 5.32 Å². The van der Waals surface area contributed by atoms with Crippen LogP contribution in [-0.4, -0.2) is 55.8 Å². The van der Waals surface area contributed by atoms with Crippen LogP contribution in [0.25, 0.3) is 11.1 Å². The molecule has 2 aromatic carbocycles. The van der Waals surface area contributed by atoms with Crippen LogP contribution in [-0.2, 0) is 14.3 Å². The number of hydrogen-bond acceptors (Lipinski definition) is 6. The lowest BCUT2D eigenvalue weighted by Gasteiger charge is -2.15. The number of nitrogens with one attached hydrogen (secondary N) is 1. The van der Waals surface area contributed by atoms with Gasteiger partial charge < -0.3 is 24.8 Å². The second-order valence-corrected chi connectivity index (χ2v) is 6.23. The number of carbonyl (C=O) groups is 2. The average molecular weight is 382 g/mol. The molecule has 0 atom stereocenters. The molecular weight excluding hydrogens is 360 g/mol. The fraction of sp³-hybridized carbons (Fsp3) is 0.238. The maximum atomic E-state index is 12.6. The lowest BCUT2D eigenvalue weighted by atomic mass is 10.0. The molecule has 28 heavy (non-hydrogen) atoms. The summed E-state index contributed by atoms with van der Waals surface area (Å²) in [5.41, 5.74) is 2.97. The van der Waals surface area contributed by atoms with Crippen molar-refractivity contribution in [1.29, 1.82) is 0 Å². The summed E-state index contributed by atoms with van der Waals surface area (Å²) in [5, 5.41) is 12.2. The second-order valence-electron chi connectivity index (χ2n) is 6.23. The molecule has 1 aliphatic heterocycles. The number of methoxy groups -OCH3 is 2. The van der Waals surface area contributed by atoms with Gasteiger partial charge >= 0.3 is 5.97 Å². The van der Waals surface area contributed by atoms with E-state index in [0.717, 1.165) is 16.9 Å². The Kier molecular flexibility index (Phi) is 5.96. The van der Waals surface area contributed by atoms with E-state index >= 15 is 0 Å². The molecule has 0 fully saturated rings. The summed E-state index contributed by atoms with van der Waals surface area (Å²) >= 11 is 0. The van der Waals surface area contributed by atoms with Crippen molar-refractivity contribution in [3.63, 3.8) is 0 Å². The first-order valence-electron chi connectivity index (χ1n) is 8.80. The van der Waals surface area contributed by atoms with Gasteiger partial charge in [-0.05, 0) is 35.4 Å². The molecule has 1 heterocycles. The number of aliphatic hydroxyl groups excluding tert-OH is 1. The van der Waals surface area contributed by atoms with Gasteiger partial charge in [0.05, 0.1) is 32.9 Å². The summed E-state index contributed by atoms with van der Waals surface area (Å²) in [7, 11) is 2.89. The van der Waals surface area contributed by atoms with Crippen molar-refractivity contribution < 1.29 is 24.2 Å². The molecular formula is C21H22N2O5. The van der Waals surface area contributed by atoms with Crippen LogP contribution in [0.15, 0.2) is 59.8 Å². The molecule has 2 N–H and O–H groups in total. The summed E-state index contributed by atoms with van der Waals surface area (Å²) in [6, 6.07) is 15.2. The van der Waals surface area contributed by atoms with Gasteiger partial charge in [-0.3, -0.25) is 4.79 Å². The summed E-state index contributed by atoms with van der Waals surface area (Å²) in [4.78, 5) is 26.1. The molecule has 7 heteroatoms. The Morgan fingerprint density at radius 3 is 2.54 bits per heavy atom. The van der Waals surface area contributed by atoms with E-state index < -0.39 is 5.97 Å². The van der Waals surface area contributed by atoms with Gasteiger partial charge in [-0.1, -0.05) is 24.3 Å². The van der Waals surface area contributed by atoms with E-state index in [9.17, 15) is 9.59 Å². The Morgan fingerprint density at radius 1 is 1.14 bits per heavy atom. The van der Waals surface area contributed by atoms with Crippen LogP contribution < -0.4 is 10.1 Å². The Hall–Kier alpha value is -3.32. The van der Waals surface area contributed by atoms with E-state index in [1.54, 1.807) is 7.11 Å². The van der Waals surface area contributed by atoms with E-state index in [4.69, 9.17) is 14.6 Å². The highest BCUT2D eigenvalue weighted by Gasteiger charge is 2.34. The van der Waals surface area contributed by atoms with Crippen molar-refractivity contribution >= 4 is 17.6 Å². The summed E-state index contributed by atoms with van der Waals surface area (Å²) < 4.78 is 10.1. The normalized spacial score (nSPS) is 13.7. The third kappa shape index (κ3) is 3.99. The number of rotatable bonds is 7. The van der Waals surface area contributed by atoms with Crippen molar-refractivity contribution in [1.82, 2.24) is 4.90 Å². The molecule has 0 bridgehead atoms. The standard InChI is InChI=1S/C21H22N2O5/c1-27-17-8-4-6-15(12-17)14-5-3-7-16(11-14)22-19-18(21(26)28-2)13-23(9-10-24)20(19)25/h3-8,11-12,22,24H,9-10,13H2,1-2H3. The van der Waals surface area contributed by atoms with Gasteiger partial charge in [0.2, 0.25) is 0 Å². The number of hydrogen-bond donors (Lipinski definition) is 2. The molecule has 0 radical (unpaired) electrons. The number of nitrogens with zero attached hydrogens (tertiary/aromatic N) is 1. The van der Waals surface area contributed by atoms with Crippen molar-refractivity contribution in [2.24, 2.45) is 0 Å². The van der Waals surface area contributed by atoms with Crippen molar-refractivity contribution in [2.45, 2.75) is 0 Å². The Morgan fingerprint density at radius 2 is 1.86 bits per heavy atom. The summed E-state index contributed by atoms with van der Waals surface area (Å²) in [6.07, 6.45) is 0. The minimum Gasteiger partial charge on any atom is -0.497 e. The number of amides is 1. The monoisotopic (exact) mass is 382 g/mol. The first-order chi connectivity index (χ1) is 13.6. The third-order valence-corrected chi connectivity index (χ3v) is 4.49. The first-order valence-corrected chi connectivity index (χ1v) is 8.80. The molecule has 0 unspecified atom stereocenters. The van der Waals surface area contributed by atoms with Gasteiger partial charge in [-0.25, -0.2) is 4.79 Å². The maximum Gasteiger partial charge on any atom is 0.337 e. The summed E-state index contributed by atoms with van der Waals surface area (Å²) in [6.45, 7) is 0.0666. The van der Waals surface area contributed by atoms with Crippen molar-refractivity contribution in [3.8, 4) is 16.9 Å². The number of esters is 1. The highest BCUT2D eigenvalue weighted by Crippen LogP contribution is 2.28. The molecule has 1 aliphatic rings. The van der Waals surface area contributed by atoms with Gasteiger partial charge in [0.25, 0.3) is 5.91 Å². The molecule has 2 aromatic rings. The van der Waals surface area contributed by atoms with Crippen LogP contribution in [0.5, 0.6) is 5.75 Å². The molecule has 0 aromatic heterocycles. The molecule has 3 rings (SSSR count). The topological polar surface area (TPSA) is 88.1 Å². The molecule has 0 saturated heterocycles. The minimum absolute atomic E-state index is 0.101. The van der Waals surface area contributed by atoms with Crippen LogP contribution >= 0.6 is 0 Å². The quantitative estimate of drug-likeness (QED) is 0.713. The van der Waals surface area contributed by atoms with E-state index in [1.165, 1.54) is 12.0 Å². The number of anilines is 1. The van der Waals surface area contributed by atoms with Gasteiger partial charge in [0, 0.05) is 12.2 Å². The van der Waals surface area contributed by atoms with Gasteiger partial charge in [-0.15, -0.1) is 0 Å². The zero-order valence-electron chi connectivity index (χ0n) is 15.8. The molecule has 146 valence electrons. The predicted molar refractivity (Wildman–Crippen MR) is 105 cm³/mol. The molecule has 0 saturated carbocycles. The molecule has 0 aliphatic carbocycles. The Labute approximate surface area is 163 Å². The highest BCUT2D eigenvalue weighted by atomic mass is 16.5. The van der Waals surface area contributed by atoms with Crippen LogP contribution in [0, 0.1) is 0 Å². The molecule has 0 spiro atoms. The zero-order chi connectivity index (χ0) is 20.1. The Bertz CT molecular complexity index is 923. The van der Waals surface area contributed by atoms with Gasteiger partial charge in [0.1, 0.15) is 11.4 Å². The van der Waals surface area contributed by atoms with Crippen LogP contribution in [0.2, 0.25) is 0 Å². The van der Waals surface area contributed by atoms with E-state index in [0.29, 0.717) is 5.69 Å². The maximum absolute atomic E-state index is 12.6. The smallest absolute Gasteiger partial charge is 0.337 e. The lowest BCUT2D eigenvalue weighted by Crippen LogP contribution is -2.31. The van der Waals surface area contributed by atoms with Crippen LogP contribution in [0.4, 0.5) is 5.69 Å². The predicted octanol–water partition coefficient (Wildman–Crippen LogP) is 2.04. The first kappa shape index (κ1) is 19.4. The largest absolute Gasteiger partial charge is 0.497 e. The number of aliphatic hydroxyl groups is 1. The number of β-amino-alcohol motifs (C(OH)–C–C–N with tert-alkyl or cyclic N) is 1.